The standard InChI is InChI=1S/C17H16BrF2NO2/c1-10-7-11(4-6-15(10)20)16(17(22)23-2)21-9-12-3-5-13(19)8-14(12)18/h3-8,16,21H,9H2,1-2H3/t16-/m1/s1. The topological polar surface area (TPSA) is 38.3 Å². The third kappa shape index (κ3) is 4.36. The molecule has 0 heterocycles. The first-order valence-electron chi connectivity index (χ1n) is 6.93. The summed E-state index contributed by atoms with van der Waals surface area (Å²) in [5.74, 6) is -1.16. The van der Waals surface area contributed by atoms with Crippen LogP contribution < -0.4 is 5.32 Å². The average molecular weight is 384 g/mol. The first-order valence-corrected chi connectivity index (χ1v) is 7.73. The minimum Gasteiger partial charge on any atom is -0.468 e. The normalized spacial score (nSPS) is 12.0. The second-order valence-corrected chi connectivity index (χ2v) is 5.94. The van der Waals surface area contributed by atoms with Gasteiger partial charge in [0.1, 0.15) is 17.7 Å². The lowest BCUT2D eigenvalue weighted by Crippen LogP contribution is -2.29. The highest BCUT2D eigenvalue weighted by Gasteiger charge is 2.22. The number of methoxy groups -OCH3 is 1. The Bertz CT molecular complexity index is 722. The number of carbonyl (C=O) groups excluding carboxylic acids is 1. The van der Waals surface area contributed by atoms with Gasteiger partial charge in [-0.1, -0.05) is 34.1 Å². The van der Waals surface area contributed by atoms with E-state index in [4.69, 9.17) is 4.74 Å². The molecule has 0 spiro atoms. The number of halogens is 3. The Balaban J connectivity index is 2.22. The molecule has 3 nitrogen and oxygen atoms in total. The molecule has 0 fully saturated rings. The molecule has 0 amide bonds. The third-order valence-electron chi connectivity index (χ3n) is 3.46. The Morgan fingerprint density at radius 2 is 2.00 bits per heavy atom. The van der Waals surface area contributed by atoms with Crippen LogP contribution in [0.2, 0.25) is 0 Å². The van der Waals surface area contributed by atoms with Gasteiger partial charge in [-0.15, -0.1) is 0 Å². The van der Waals surface area contributed by atoms with Crippen LogP contribution in [0.1, 0.15) is 22.7 Å². The highest BCUT2D eigenvalue weighted by Crippen LogP contribution is 2.21. The molecule has 0 unspecified atom stereocenters. The Kier molecular flexibility index (Phi) is 5.85. The zero-order valence-electron chi connectivity index (χ0n) is 12.7. The third-order valence-corrected chi connectivity index (χ3v) is 4.20. The van der Waals surface area contributed by atoms with Crippen LogP contribution in [0.25, 0.3) is 0 Å². The number of esters is 1. The fourth-order valence-corrected chi connectivity index (χ4v) is 2.67. The van der Waals surface area contributed by atoms with Crippen molar-refractivity contribution in [3.63, 3.8) is 0 Å². The molecule has 0 radical (unpaired) electrons. The average Bonchev–Trinajstić information content (AvgIpc) is 2.52. The molecule has 2 rings (SSSR count). The van der Waals surface area contributed by atoms with E-state index in [1.807, 2.05) is 0 Å². The molecular weight excluding hydrogens is 368 g/mol. The zero-order chi connectivity index (χ0) is 17.0. The summed E-state index contributed by atoms with van der Waals surface area (Å²) in [6, 6.07) is 8.03. The minimum atomic E-state index is -0.740. The van der Waals surface area contributed by atoms with E-state index in [-0.39, 0.29) is 11.6 Å². The van der Waals surface area contributed by atoms with Crippen LogP contribution in [0.5, 0.6) is 0 Å². The molecule has 0 aliphatic carbocycles. The molecule has 1 N–H and O–H groups in total. The Labute approximate surface area is 141 Å². The molecule has 6 heteroatoms. The highest BCUT2D eigenvalue weighted by molar-refractivity contribution is 9.10. The molecule has 1 atom stereocenters. The van der Waals surface area contributed by atoms with Gasteiger partial charge in [-0.25, -0.2) is 13.6 Å². The lowest BCUT2D eigenvalue weighted by atomic mass is 10.0. The van der Waals surface area contributed by atoms with Gasteiger partial charge in [0.2, 0.25) is 0 Å². The number of carbonyl (C=O) groups is 1. The monoisotopic (exact) mass is 383 g/mol. The number of benzene rings is 2. The van der Waals surface area contributed by atoms with E-state index >= 15 is 0 Å². The molecule has 0 aromatic heterocycles. The van der Waals surface area contributed by atoms with Crippen molar-refractivity contribution in [1.29, 1.82) is 0 Å². The van der Waals surface area contributed by atoms with Gasteiger partial charge in [-0.2, -0.15) is 0 Å². The Morgan fingerprint density at radius 1 is 1.26 bits per heavy atom. The summed E-state index contributed by atoms with van der Waals surface area (Å²) in [5, 5.41) is 3.06. The van der Waals surface area contributed by atoms with Crippen molar-refractivity contribution in [3.8, 4) is 0 Å². The van der Waals surface area contributed by atoms with E-state index in [0.717, 1.165) is 5.56 Å². The lowest BCUT2D eigenvalue weighted by Gasteiger charge is -2.18. The van der Waals surface area contributed by atoms with Crippen LogP contribution in [-0.4, -0.2) is 13.1 Å². The molecule has 0 saturated heterocycles. The number of rotatable bonds is 5. The summed E-state index contributed by atoms with van der Waals surface area (Å²) >= 11 is 3.28. The number of hydrogen-bond donors (Lipinski definition) is 1. The summed E-state index contributed by atoms with van der Waals surface area (Å²) in [6.45, 7) is 1.95. The van der Waals surface area contributed by atoms with Crippen molar-refractivity contribution in [1.82, 2.24) is 5.32 Å². The molecule has 0 bridgehead atoms. The summed E-state index contributed by atoms with van der Waals surface area (Å²) in [7, 11) is 1.29. The number of aryl methyl sites for hydroxylation is 1. The van der Waals surface area contributed by atoms with Crippen molar-refractivity contribution in [2.45, 2.75) is 19.5 Å². The predicted molar refractivity (Wildman–Crippen MR) is 86.8 cm³/mol. The fraction of sp³-hybridized carbons (Fsp3) is 0.235. The van der Waals surface area contributed by atoms with Crippen LogP contribution in [0, 0.1) is 18.6 Å². The fourth-order valence-electron chi connectivity index (χ4n) is 2.18. The summed E-state index contributed by atoms with van der Waals surface area (Å²) < 4.78 is 31.9. The van der Waals surface area contributed by atoms with E-state index in [0.29, 0.717) is 22.1 Å². The van der Waals surface area contributed by atoms with Gasteiger partial charge >= 0.3 is 5.97 Å². The summed E-state index contributed by atoms with van der Waals surface area (Å²) in [6.07, 6.45) is 0. The number of ether oxygens (including phenoxy) is 1. The Morgan fingerprint density at radius 3 is 2.61 bits per heavy atom. The van der Waals surface area contributed by atoms with Crippen molar-refractivity contribution < 1.29 is 18.3 Å². The molecule has 2 aromatic rings. The van der Waals surface area contributed by atoms with Gasteiger partial charge < -0.3 is 4.74 Å². The molecular formula is C17H16BrF2NO2. The van der Waals surface area contributed by atoms with Gasteiger partial charge in [0.05, 0.1) is 7.11 Å². The lowest BCUT2D eigenvalue weighted by molar-refractivity contribution is -0.143. The SMILES string of the molecule is COC(=O)[C@H](NCc1ccc(F)cc1Br)c1ccc(F)c(C)c1. The van der Waals surface area contributed by atoms with Crippen molar-refractivity contribution in [2.24, 2.45) is 0 Å². The zero-order valence-corrected chi connectivity index (χ0v) is 14.3. The summed E-state index contributed by atoms with van der Waals surface area (Å²) in [5.41, 5.74) is 1.84. The quantitative estimate of drug-likeness (QED) is 0.791. The van der Waals surface area contributed by atoms with Gasteiger partial charge in [0.25, 0.3) is 0 Å². The van der Waals surface area contributed by atoms with Crippen molar-refractivity contribution in [2.75, 3.05) is 7.11 Å². The van der Waals surface area contributed by atoms with E-state index < -0.39 is 12.0 Å². The first kappa shape index (κ1) is 17.6. The van der Waals surface area contributed by atoms with E-state index in [9.17, 15) is 13.6 Å². The number of hydrogen-bond acceptors (Lipinski definition) is 3. The smallest absolute Gasteiger partial charge is 0.327 e. The van der Waals surface area contributed by atoms with Crippen LogP contribution in [0.15, 0.2) is 40.9 Å². The second-order valence-electron chi connectivity index (χ2n) is 5.08. The van der Waals surface area contributed by atoms with Gasteiger partial charge in [0.15, 0.2) is 0 Å². The Hall–Kier alpha value is -1.79. The predicted octanol–water partition coefficient (Wildman–Crippen LogP) is 4.04. The maximum absolute atomic E-state index is 13.4. The van der Waals surface area contributed by atoms with Crippen molar-refractivity contribution in [3.05, 3.63) is 69.2 Å². The van der Waals surface area contributed by atoms with Gasteiger partial charge in [0, 0.05) is 11.0 Å². The highest BCUT2D eigenvalue weighted by atomic mass is 79.9. The molecule has 23 heavy (non-hydrogen) atoms. The maximum Gasteiger partial charge on any atom is 0.327 e. The second kappa shape index (κ2) is 7.66. The maximum atomic E-state index is 13.4. The molecule has 122 valence electrons. The van der Waals surface area contributed by atoms with E-state index in [2.05, 4.69) is 21.2 Å². The van der Waals surface area contributed by atoms with Crippen LogP contribution in [0.3, 0.4) is 0 Å². The van der Waals surface area contributed by atoms with Gasteiger partial charge in [-0.05, 0) is 41.8 Å². The largest absolute Gasteiger partial charge is 0.468 e. The van der Waals surface area contributed by atoms with E-state index in [1.54, 1.807) is 19.1 Å². The van der Waals surface area contributed by atoms with Crippen LogP contribution >= 0.6 is 15.9 Å². The minimum absolute atomic E-state index is 0.317. The van der Waals surface area contributed by atoms with Crippen molar-refractivity contribution >= 4 is 21.9 Å². The van der Waals surface area contributed by atoms with Crippen LogP contribution in [-0.2, 0) is 16.1 Å². The summed E-state index contributed by atoms with van der Waals surface area (Å²) in [4.78, 5) is 12.0. The van der Waals surface area contributed by atoms with Crippen LogP contribution in [0.4, 0.5) is 8.78 Å². The molecule has 2 aromatic carbocycles. The van der Waals surface area contributed by atoms with E-state index in [1.165, 1.54) is 31.4 Å². The molecule has 0 saturated carbocycles. The number of nitrogens with one attached hydrogen (secondary N) is 1. The molecule has 0 aliphatic heterocycles. The van der Waals surface area contributed by atoms with Gasteiger partial charge in [-0.3, -0.25) is 5.32 Å². The first-order chi connectivity index (χ1) is 10.9. The molecule has 0 aliphatic rings.